The van der Waals surface area contributed by atoms with Crippen LogP contribution in [0.2, 0.25) is 0 Å². The number of ketones is 1. The van der Waals surface area contributed by atoms with E-state index in [4.69, 9.17) is 18.9 Å². The second kappa shape index (κ2) is 15.8. The number of ether oxygens (including phenoxy) is 4. The second-order valence-electron chi connectivity index (χ2n) is 13.9. The molecule has 0 amide bonds. The number of halogens is 1. The summed E-state index contributed by atoms with van der Waals surface area (Å²) in [6.45, 7) is 14.5. The summed E-state index contributed by atoms with van der Waals surface area (Å²) in [5.74, 6) is -5.31. The molecule has 0 fully saturated rings. The summed E-state index contributed by atoms with van der Waals surface area (Å²) in [7, 11) is 1.19. The summed E-state index contributed by atoms with van der Waals surface area (Å²) >= 11 is 3.24. The van der Waals surface area contributed by atoms with E-state index in [1.165, 1.54) is 33.9 Å². The number of carboxylic acids is 1. The molecule has 1 atom stereocenters. The van der Waals surface area contributed by atoms with Gasteiger partial charge in [-0.1, -0.05) is 30.3 Å². The fourth-order valence-electron chi connectivity index (χ4n) is 6.98. The van der Waals surface area contributed by atoms with Crippen molar-refractivity contribution >= 4 is 45.6 Å². The standard InChI is InChI=1S/C44H41BrO12/c1-19-16-30(27(9)34(28-14-12-11-13-15-28)32(19)41(50)56-38-24(6)21(3)33(40(48)49)22(4)25(38)7)55-42(51)35-23(5)26(8)39(36(45)37(35)47)57-43(52)44(53)20(2)17-29(46)18-31(44)54-10/h11-18,47,53H,1-10H3,(H,48,49)/t44-/m1/s1. The predicted octanol–water partition coefficient (Wildman–Crippen LogP) is 8.12. The Morgan fingerprint density at radius 3 is 1.79 bits per heavy atom. The van der Waals surface area contributed by atoms with Gasteiger partial charge in [0.2, 0.25) is 5.60 Å². The maximum atomic E-state index is 14.2. The van der Waals surface area contributed by atoms with E-state index in [0.29, 0.717) is 44.5 Å². The Kier molecular flexibility index (Phi) is 11.7. The van der Waals surface area contributed by atoms with Crippen LogP contribution in [-0.4, -0.2) is 57.7 Å². The quantitative estimate of drug-likeness (QED) is 0.109. The molecular weight excluding hydrogens is 800 g/mol. The van der Waals surface area contributed by atoms with Crippen LogP contribution in [0.4, 0.5) is 0 Å². The average Bonchev–Trinajstić information content (AvgIpc) is 3.16. The number of carbonyl (C=O) groups is 5. The van der Waals surface area contributed by atoms with Gasteiger partial charge in [0.15, 0.2) is 11.5 Å². The highest BCUT2D eigenvalue weighted by atomic mass is 79.9. The minimum Gasteiger partial charge on any atom is -0.506 e. The molecule has 0 bridgehead atoms. The van der Waals surface area contributed by atoms with Crippen molar-refractivity contribution in [2.75, 3.05) is 7.11 Å². The van der Waals surface area contributed by atoms with Gasteiger partial charge in [0.1, 0.15) is 33.0 Å². The molecule has 1 aliphatic rings. The molecule has 12 nitrogen and oxygen atoms in total. The van der Waals surface area contributed by atoms with E-state index in [9.17, 15) is 39.3 Å². The zero-order valence-corrected chi connectivity index (χ0v) is 34.6. The summed E-state index contributed by atoms with van der Waals surface area (Å²) in [4.78, 5) is 65.7. The molecule has 0 unspecified atom stereocenters. The number of rotatable bonds is 9. The van der Waals surface area contributed by atoms with Gasteiger partial charge in [0.05, 0.1) is 18.2 Å². The Balaban J connectivity index is 1.55. The number of methoxy groups -OCH3 is 1. The van der Waals surface area contributed by atoms with E-state index in [-0.39, 0.29) is 60.9 Å². The van der Waals surface area contributed by atoms with Gasteiger partial charge < -0.3 is 34.3 Å². The van der Waals surface area contributed by atoms with Crippen molar-refractivity contribution in [1.29, 1.82) is 0 Å². The molecule has 1 aliphatic carbocycles. The summed E-state index contributed by atoms with van der Waals surface area (Å²) in [6, 6.07) is 10.5. The summed E-state index contributed by atoms with van der Waals surface area (Å²) < 4.78 is 22.6. The normalized spacial score (nSPS) is 15.1. The summed E-state index contributed by atoms with van der Waals surface area (Å²) in [6.07, 6.45) is 2.03. The number of aromatic carboxylic acids is 1. The lowest BCUT2D eigenvalue weighted by Gasteiger charge is -2.30. The smallest absolute Gasteiger partial charge is 0.356 e. The van der Waals surface area contributed by atoms with Crippen LogP contribution < -0.4 is 14.2 Å². The molecule has 4 aromatic carbocycles. The Morgan fingerprint density at radius 2 is 1.23 bits per heavy atom. The number of aryl methyl sites for hydroxylation is 1. The maximum Gasteiger partial charge on any atom is 0.356 e. The van der Waals surface area contributed by atoms with E-state index in [0.717, 1.165) is 12.2 Å². The van der Waals surface area contributed by atoms with Crippen LogP contribution in [0.15, 0.2) is 64.4 Å². The number of phenols is 1. The van der Waals surface area contributed by atoms with Crippen LogP contribution in [0.25, 0.3) is 11.1 Å². The minimum absolute atomic E-state index is 0.0450. The Labute approximate surface area is 337 Å². The third-order valence-electron chi connectivity index (χ3n) is 10.6. The van der Waals surface area contributed by atoms with Gasteiger partial charge in [-0.2, -0.15) is 0 Å². The van der Waals surface area contributed by atoms with Gasteiger partial charge in [-0.15, -0.1) is 0 Å². The lowest BCUT2D eigenvalue weighted by atomic mass is 9.87. The Bertz CT molecular complexity index is 2430. The molecule has 0 radical (unpaired) electrons. The van der Waals surface area contributed by atoms with E-state index in [1.54, 1.807) is 65.8 Å². The van der Waals surface area contributed by atoms with E-state index >= 15 is 0 Å². The Morgan fingerprint density at radius 1 is 0.684 bits per heavy atom. The third kappa shape index (κ3) is 7.24. The molecule has 296 valence electrons. The highest BCUT2D eigenvalue weighted by molar-refractivity contribution is 9.10. The summed E-state index contributed by atoms with van der Waals surface area (Å²) in [5.41, 5.74) is 1.83. The number of carbonyl (C=O) groups excluding carboxylic acids is 4. The SMILES string of the molecule is COC1=CC(=O)C=C(C)[C@]1(O)C(=O)Oc1c(C)c(C)c(C(=O)Oc2cc(C)c(C(=O)Oc3c(C)c(C)c(C(=O)O)c(C)c3C)c(-c3ccccc3)c2C)c(O)c1Br. The van der Waals surface area contributed by atoms with E-state index in [1.807, 2.05) is 6.07 Å². The molecule has 13 heteroatoms. The van der Waals surface area contributed by atoms with Crippen LogP contribution >= 0.6 is 15.9 Å². The van der Waals surface area contributed by atoms with Crippen LogP contribution in [0.1, 0.15) is 82.5 Å². The van der Waals surface area contributed by atoms with E-state index in [2.05, 4.69) is 15.9 Å². The molecule has 0 heterocycles. The molecule has 0 spiro atoms. The molecule has 0 saturated carbocycles. The van der Waals surface area contributed by atoms with E-state index < -0.39 is 41.0 Å². The van der Waals surface area contributed by atoms with Crippen molar-refractivity contribution in [3.05, 3.63) is 126 Å². The van der Waals surface area contributed by atoms with Gasteiger partial charge in [-0.3, -0.25) is 4.79 Å². The molecule has 0 aliphatic heterocycles. The first-order chi connectivity index (χ1) is 26.7. The van der Waals surface area contributed by atoms with Gasteiger partial charge in [-0.25, -0.2) is 19.2 Å². The lowest BCUT2D eigenvalue weighted by molar-refractivity contribution is -0.151. The minimum atomic E-state index is -2.44. The van der Waals surface area contributed by atoms with Gasteiger partial charge >= 0.3 is 23.9 Å². The first kappa shape index (κ1) is 42.1. The number of phenolic OH excluding ortho intramolecular Hbond substituents is 1. The maximum absolute atomic E-state index is 14.2. The predicted molar refractivity (Wildman–Crippen MR) is 213 cm³/mol. The second-order valence-corrected chi connectivity index (χ2v) is 14.7. The summed E-state index contributed by atoms with van der Waals surface area (Å²) in [5, 5.41) is 32.5. The first-order valence-corrected chi connectivity index (χ1v) is 18.4. The van der Waals surface area contributed by atoms with Crippen molar-refractivity contribution in [1.82, 2.24) is 0 Å². The molecule has 5 rings (SSSR count). The number of benzene rings is 4. The van der Waals surface area contributed by atoms with Crippen LogP contribution in [0, 0.1) is 55.4 Å². The number of allylic oxidation sites excluding steroid dienone is 2. The Hall–Kier alpha value is -6.05. The topological polar surface area (TPSA) is 183 Å². The third-order valence-corrected chi connectivity index (χ3v) is 11.3. The zero-order chi connectivity index (χ0) is 42.4. The van der Waals surface area contributed by atoms with Crippen molar-refractivity contribution in [3.63, 3.8) is 0 Å². The highest BCUT2D eigenvalue weighted by Crippen LogP contribution is 2.45. The monoisotopic (exact) mass is 840 g/mol. The van der Waals surface area contributed by atoms with Gasteiger partial charge in [0, 0.05) is 17.2 Å². The molecular formula is C44H41BrO12. The largest absolute Gasteiger partial charge is 0.506 e. The van der Waals surface area contributed by atoms with Crippen LogP contribution in [-0.2, 0) is 14.3 Å². The molecule has 3 N–H and O–H groups in total. The number of aromatic hydroxyl groups is 1. The van der Waals surface area contributed by atoms with Crippen LogP contribution in [0.5, 0.6) is 23.0 Å². The number of hydrogen-bond donors (Lipinski definition) is 3. The molecule has 57 heavy (non-hydrogen) atoms. The van der Waals surface area contributed by atoms with Crippen molar-refractivity contribution in [3.8, 4) is 34.1 Å². The van der Waals surface area contributed by atoms with Crippen molar-refractivity contribution in [2.24, 2.45) is 0 Å². The zero-order valence-electron chi connectivity index (χ0n) is 33.0. The number of hydrogen-bond acceptors (Lipinski definition) is 11. The molecule has 0 aromatic heterocycles. The number of carboxylic acid groups (broad SMARTS) is 1. The molecule has 0 saturated heterocycles. The number of esters is 3. The fourth-order valence-corrected chi connectivity index (χ4v) is 7.55. The van der Waals surface area contributed by atoms with Crippen LogP contribution in [0.3, 0.4) is 0 Å². The first-order valence-electron chi connectivity index (χ1n) is 17.6. The highest BCUT2D eigenvalue weighted by Gasteiger charge is 2.48. The molecule has 4 aromatic rings. The average molecular weight is 842 g/mol. The fraction of sp³-hybridized carbons (Fsp3) is 0.250. The van der Waals surface area contributed by atoms with Crippen molar-refractivity contribution in [2.45, 2.75) is 67.9 Å². The van der Waals surface area contributed by atoms with Crippen molar-refractivity contribution < 1.29 is 58.2 Å². The lowest BCUT2D eigenvalue weighted by Crippen LogP contribution is -2.47. The number of aliphatic hydroxyl groups is 1. The van der Waals surface area contributed by atoms with Gasteiger partial charge in [-0.05, 0) is 140 Å². The van der Waals surface area contributed by atoms with Gasteiger partial charge in [0.25, 0.3) is 0 Å².